The number of aromatic hydroxyl groups is 2. The van der Waals surface area contributed by atoms with Crippen molar-refractivity contribution in [2.24, 2.45) is 0 Å². The van der Waals surface area contributed by atoms with E-state index in [1.807, 2.05) is 0 Å². The number of hydrogen-bond donors (Lipinski definition) is 2. The molecule has 0 spiro atoms. The van der Waals surface area contributed by atoms with Crippen molar-refractivity contribution in [3.05, 3.63) is 59.7 Å². The lowest BCUT2D eigenvalue weighted by molar-refractivity contribution is 0.104. The summed E-state index contributed by atoms with van der Waals surface area (Å²) in [4.78, 5) is 11.9. The quantitative estimate of drug-likeness (QED) is 0.662. The summed E-state index contributed by atoms with van der Waals surface area (Å²) in [5.74, 6) is -0.110. The topological polar surface area (TPSA) is 66.8 Å². The molecule has 0 radical (unpaired) electrons. The number of allylic oxidation sites excluding steroid dienone is 1. The van der Waals surface area contributed by atoms with Gasteiger partial charge in [-0.15, -0.1) is 0 Å². The number of methoxy groups -OCH3 is 1. The van der Waals surface area contributed by atoms with E-state index in [4.69, 9.17) is 4.74 Å². The average Bonchev–Trinajstić information content (AvgIpc) is 2.46. The number of benzene rings is 2. The molecule has 0 unspecified atom stereocenters. The molecule has 0 saturated heterocycles. The van der Waals surface area contributed by atoms with E-state index in [9.17, 15) is 15.0 Å². The van der Waals surface area contributed by atoms with E-state index < -0.39 is 0 Å². The third-order valence-corrected chi connectivity index (χ3v) is 2.83. The summed E-state index contributed by atoms with van der Waals surface area (Å²) in [5, 5.41) is 19.5. The molecule has 2 aromatic rings. The van der Waals surface area contributed by atoms with Crippen LogP contribution in [0.1, 0.15) is 15.9 Å². The fourth-order valence-electron chi connectivity index (χ4n) is 1.78. The van der Waals surface area contributed by atoms with Gasteiger partial charge in [0.15, 0.2) is 17.3 Å². The summed E-state index contributed by atoms with van der Waals surface area (Å²) >= 11 is 0. The number of para-hydroxylation sites is 2. The second-order valence-electron chi connectivity index (χ2n) is 4.11. The second kappa shape index (κ2) is 5.93. The predicted octanol–water partition coefficient (Wildman–Crippen LogP) is 3.00. The molecule has 0 aromatic heterocycles. The zero-order valence-corrected chi connectivity index (χ0v) is 10.9. The van der Waals surface area contributed by atoms with Gasteiger partial charge in [0.1, 0.15) is 5.75 Å². The van der Waals surface area contributed by atoms with E-state index in [-0.39, 0.29) is 22.8 Å². The molecule has 0 fully saturated rings. The molecule has 0 aliphatic heterocycles. The first kappa shape index (κ1) is 13.7. The normalized spacial score (nSPS) is 10.7. The Kier molecular flexibility index (Phi) is 4.05. The van der Waals surface area contributed by atoms with Crippen molar-refractivity contribution in [2.45, 2.75) is 0 Å². The van der Waals surface area contributed by atoms with Crippen molar-refractivity contribution in [1.82, 2.24) is 0 Å². The SMILES string of the molecule is COc1cccc(/C=C/C(=O)c2ccccc2O)c1O. The highest BCUT2D eigenvalue weighted by atomic mass is 16.5. The van der Waals surface area contributed by atoms with Crippen LogP contribution in [0.4, 0.5) is 0 Å². The minimum absolute atomic E-state index is 0.0312. The summed E-state index contributed by atoms with van der Waals surface area (Å²) in [6.07, 6.45) is 2.77. The lowest BCUT2D eigenvalue weighted by Crippen LogP contribution is -1.94. The van der Waals surface area contributed by atoms with Crippen LogP contribution in [0.25, 0.3) is 6.08 Å². The van der Waals surface area contributed by atoms with Crippen LogP contribution >= 0.6 is 0 Å². The highest BCUT2D eigenvalue weighted by molar-refractivity contribution is 6.08. The van der Waals surface area contributed by atoms with Crippen LogP contribution in [-0.2, 0) is 0 Å². The Morgan fingerprint density at radius 3 is 2.55 bits per heavy atom. The number of phenols is 2. The smallest absolute Gasteiger partial charge is 0.189 e. The van der Waals surface area contributed by atoms with Gasteiger partial charge in [0.25, 0.3) is 0 Å². The maximum Gasteiger partial charge on any atom is 0.189 e. The largest absolute Gasteiger partial charge is 0.507 e. The maximum atomic E-state index is 11.9. The number of rotatable bonds is 4. The molecule has 2 rings (SSSR count). The molecule has 2 aromatic carbocycles. The molecule has 4 nitrogen and oxygen atoms in total. The molecule has 0 amide bonds. The molecule has 102 valence electrons. The van der Waals surface area contributed by atoms with Crippen LogP contribution in [0.2, 0.25) is 0 Å². The first-order valence-electron chi connectivity index (χ1n) is 6.00. The lowest BCUT2D eigenvalue weighted by atomic mass is 10.1. The van der Waals surface area contributed by atoms with Crippen molar-refractivity contribution >= 4 is 11.9 Å². The molecule has 20 heavy (non-hydrogen) atoms. The van der Waals surface area contributed by atoms with Crippen LogP contribution in [0, 0.1) is 0 Å². The summed E-state index contributed by atoms with van der Waals surface area (Å²) in [6.45, 7) is 0. The van der Waals surface area contributed by atoms with E-state index in [0.717, 1.165) is 0 Å². The molecule has 0 aliphatic rings. The number of ether oxygens (including phenoxy) is 1. The molecular weight excluding hydrogens is 256 g/mol. The number of phenolic OH excluding ortho intramolecular Hbond substituents is 2. The molecule has 0 atom stereocenters. The summed E-state index contributed by atoms with van der Waals surface area (Å²) in [5.41, 5.74) is 0.680. The molecule has 4 heteroatoms. The Morgan fingerprint density at radius 2 is 1.85 bits per heavy atom. The van der Waals surface area contributed by atoms with Crippen molar-refractivity contribution < 1.29 is 19.7 Å². The zero-order chi connectivity index (χ0) is 14.5. The number of ketones is 1. The van der Waals surface area contributed by atoms with Gasteiger partial charge in [-0.2, -0.15) is 0 Å². The molecule has 0 saturated carbocycles. The minimum Gasteiger partial charge on any atom is -0.507 e. The predicted molar refractivity (Wildman–Crippen MR) is 76.1 cm³/mol. The van der Waals surface area contributed by atoms with E-state index in [2.05, 4.69) is 0 Å². The monoisotopic (exact) mass is 270 g/mol. The van der Waals surface area contributed by atoms with E-state index in [1.54, 1.807) is 30.3 Å². The average molecular weight is 270 g/mol. The standard InChI is InChI=1S/C16H14O4/c1-20-15-8-4-5-11(16(15)19)9-10-14(18)12-6-2-3-7-13(12)17/h2-10,17,19H,1H3/b10-9+. The van der Waals surface area contributed by atoms with Crippen LogP contribution in [-0.4, -0.2) is 23.1 Å². The molecule has 0 heterocycles. The third kappa shape index (κ3) is 2.80. The van der Waals surface area contributed by atoms with Crippen LogP contribution in [0.15, 0.2) is 48.5 Å². The van der Waals surface area contributed by atoms with Crippen molar-refractivity contribution in [3.8, 4) is 17.2 Å². The summed E-state index contributed by atoms with van der Waals surface area (Å²) in [6, 6.07) is 11.3. The van der Waals surface area contributed by atoms with Gasteiger partial charge >= 0.3 is 0 Å². The highest BCUT2D eigenvalue weighted by Crippen LogP contribution is 2.30. The zero-order valence-electron chi connectivity index (χ0n) is 10.9. The number of carbonyl (C=O) groups is 1. The van der Waals surface area contributed by atoms with E-state index in [0.29, 0.717) is 11.3 Å². The Labute approximate surface area is 116 Å². The number of hydrogen-bond acceptors (Lipinski definition) is 4. The molecular formula is C16H14O4. The molecule has 0 bridgehead atoms. The second-order valence-corrected chi connectivity index (χ2v) is 4.11. The summed E-state index contributed by atoms with van der Waals surface area (Å²) in [7, 11) is 1.45. The Bertz CT molecular complexity index is 659. The van der Waals surface area contributed by atoms with Crippen LogP contribution in [0.3, 0.4) is 0 Å². The first-order valence-corrected chi connectivity index (χ1v) is 6.00. The van der Waals surface area contributed by atoms with Gasteiger partial charge in [0.2, 0.25) is 0 Å². The maximum absolute atomic E-state index is 11.9. The third-order valence-electron chi connectivity index (χ3n) is 2.83. The first-order chi connectivity index (χ1) is 9.63. The van der Waals surface area contributed by atoms with Crippen LogP contribution in [0.5, 0.6) is 17.2 Å². The van der Waals surface area contributed by atoms with Crippen molar-refractivity contribution in [3.63, 3.8) is 0 Å². The summed E-state index contributed by atoms with van der Waals surface area (Å²) < 4.78 is 4.99. The van der Waals surface area contributed by atoms with E-state index >= 15 is 0 Å². The van der Waals surface area contributed by atoms with Crippen molar-refractivity contribution in [1.29, 1.82) is 0 Å². The van der Waals surface area contributed by atoms with Gasteiger partial charge in [0.05, 0.1) is 12.7 Å². The fraction of sp³-hybridized carbons (Fsp3) is 0.0625. The fourth-order valence-corrected chi connectivity index (χ4v) is 1.78. The van der Waals surface area contributed by atoms with Gasteiger partial charge in [-0.3, -0.25) is 4.79 Å². The highest BCUT2D eigenvalue weighted by Gasteiger charge is 2.08. The van der Waals surface area contributed by atoms with E-state index in [1.165, 1.54) is 31.4 Å². The van der Waals surface area contributed by atoms with Crippen LogP contribution < -0.4 is 4.74 Å². The molecule has 0 aliphatic carbocycles. The Morgan fingerprint density at radius 1 is 1.10 bits per heavy atom. The number of carbonyl (C=O) groups excluding carboxylic acids is 1. The van der Waals surface area contributed by atoms with Gasteiger partial charge in [-0.1, -0.05) is 24.3 Å². The molecule has 2 N–H and O–H groups in total. The minimum atomic E-state index is -0.342. The van der Waals surface area contributed by atoms with Gasteiger partial charge in [0, 0.05) is 5.56 Å². The van der Waals surface area contributed by atoms with Gasteiger partial charge in [-0.05, 0) is 30.4 Å². The Hall–Kier alpha value is -2.75. The van der Waals surface area contributed by atoms with Crippen molar-refractivity contribution in [2.75, 3.05) is 7.11 Å². The Balaban J connectivity index is 2.26. The van der Waals surface area contributed by atoms with Gasteiger partial charge < -0.3 is 14.9 Å². The van der Waals surface area contributed by atoms with Gasteiger partial charge in [-0.25, -0.2) is 0 Å². The lowest BCUT2D eigenvalue weighted by Gasteiger charge is -2.05.